The van der Waals surface area contributed by atoms with Crippen LogP contribution < -0.4 is 5.32 Å². The van der Waals surface area contributed by atoms with Crippen LogP contribution in [0.2, 0.25) is 0 Å². The Morgan fingerprint density at radius 2 is 2.17 bits per heavy atom. The molecule has 1 aliphatic rings. The van der Waals surface area contributed by atoms with E-state index >= 15 is 0 Å². The normalized spacial score (nSPS) is 22.5. The van der Waals surface area contributed by atoms with E-state index in [0.717, 1.165) is 22.8 Å². The summed E-state index contributed by atoms with van der Waals surface area (Å²) < 4.78 is 0. The number of rotatable bonds is 2. The van der Waals surface area contributed by atoms with Gasteiger partial charge in [-0.2, -0.15) is 0 Å². The fraction of sp³-hybridized carbons (Fsp3) is 0.571. The van der Waals surface area contributed by atoms with Crippen molar-refractivity contribution in [3.05, 3.63) is 18.0 Å². The Hall–Kier alpha value is -1.58. The number of hydrogen-bond acceptors (Lipinski definition) is 3. The summed E-state index contributed by atoms with van der Waals surface area (Å²) in [5.41, 5.74) is 2.20. The highest BCUT2D eigenvalue weighted by molar-refractivity contribution is 5.73. The van der Waals surface area contributed by atoms with Crippen LogP contribution in [-0.2, 0) is 0 Å². The Balaban J connectivity index is 2.03. The number of fused-ring (bicyclic) bond motifs is 1. The first kappa shape index (κ1) is 11.5. The van der Waals surface area contributed by atoms with Crippen molar-refractivity contribution < 1.29 is 0 Å². The molecule has 1 fully saturated rings. The summed E-state index contributed by atoms with van der Waals surface area (Å²) in [6, 6.07) is 4.02. The molecule has 0 spiro atoms. The van der Waals surface area contributed by atoms with Crippen LogP contribution in [0.15, 0.2) is 12.1 Å². The zero-order chi connectivity index (χ0) is 12.8. The number of imidazole rings is 1. The fourth-order valence-corrected chi connectivity index (χ4v) is 3.05. The van der Waals surface area contributed by atoms with Gasteiger partial charge in [-0.05, 0) is 30.4 Å². The first-order valence-electron chi connectivity index (χ1n) is 6.64. The van der Waals surface area contributed by atoms with Crippen LogP contribution in [-0.4, -0.2) is 22.0 Å². The molecule has 1 aliphatic carbocycles. The predicted octanol–water partition coefficient (Wildman–Crippen LogP) is 3.29. The molecule has 2 aromatic rings. The lowest BCUT2D eigenvalue weighted by atomic mass is 9.81. The van der Waals surface area contributed by atoms with E-state index in [2.05, 4.69) is 29.1 Å². The lowest BCUT2D eigenvalue weighted by Gasteiger charge is -2.24. The van der Waals surface area contributed by atoms with Crippen LogP contribution >= 0.6 is 0 Å². The highest BCUT2D eigenvalue weighted by Gasteiger charge is 2.37. The van der Waals surface area contributed by atoms with Crippen LogP contribution in [0, 0.1) is 5.41 Å². The van der Waals surface area contributed by atoms with E-state index in [9.17, 15) is 0 Å². The highest BCUT2D eigenvalue weighted by Crippen LogP contribution is 2.48. The molecular weight excluding hydrogens is 224 g/mol. The molecule has 2 N–H and O–H groups in total. The summed E-state index contributed by atoms with van der Waals surface area (Å²) in [7, 11) is 1.88. The second kappa shape index (κ2) is 3.97. The third-order valence-corrected chi connectivity index (χ3v) is 4.21. The topological polar surface area (TPSA) is 53.6 Å². The number of H-pyrrole nitrogens is 1. The minimum atomic E-state index is 0.347. The molecule has 0 saturated heterocycles. The Kier molecular flexibility index (Phi) is 2.54. The minimum absolute atomic E-state index is 0.347. The second-order valence-corrected chi connectivity index (χ2v) is 5.87. The molecule has 0 aliphatic heterocycles. The van der Waals surface area contributed by atoms with E-state index in [-0.39, 0.29) is 0 Å². The molecule has 3 rings (SSSR count). The van der Waals surface area contributed by atoms with Gasteiger partial charge in [-0.3, -0.25) is 0 Å². The largest absolute Gasteiger partial charge is 0.373 e. The smallest absolute Gasteiger partial charge is 0.179 e. The fourth-order valence-electron chi connectivity index (χ4n) is 3.05. The number of anilines is 1. The molecular formula is C14H20N4. The van der Waals surface area contributed by atoms with Crippen LogP contribution in [0.5, 0.6) is 0 Å². The van der Waals surface area contributed by atoms with Crippen LogP contribution in [0.4, 0.5) is 5.82 Å². The molecule has 0 aromatic carbocycles. The van der Waals surface area contributed by atoms with Crippen molar-refractivity contribution in [2.75, 3.05) is 12.4 Å². The lowest BCUT2D eigenvalue weighted by molar-refractivity contribution is 0.323. The van der Waals surface area contributed by atoms with Gasteiger partial charge in [0.2, 0.25) is 0 Å². The van der Waals surface area contributed by atoms with Crippen molar-refractivity contribution >= 4 is 17.0 Å². The summed E-state index contributed by atoms with van der Waals surface area (Å²) >= 11 is 0. The van der Waals surface area contributed by atoms with Crippen molar-refractivity contribution in [2.45, 2.75) is 39.0 Å². The Morgan fingerprint density at radius 1 is 1.33 bits per heavy atom. The van der Waals surface area contributed by atoms with Crippen LogP contribution in [0.3, 0.4) is 0 Å². The molecule has 1 unspecified atom stereocenters. The van der Waals surface area contributed by atoms with Crippen molar-refractivity contribution in [3.63, 3.8) is 0 Å². The number of nitrogens with one attached hydrogen (secondary N) is 2. The number of aromatic amines is 1. The average molecular weight is 244 g/mol. The van der Waals surface area contributed by atoms with Gasteiger partial charge in [-0.25, -0.2) is 9.97 Å². The number of hydrogen-bond donors (Lipinski definition) is 2. The summed E-state index contributed by atoms with van der Waals surface area (Å²) in [6.07, 6.45) is 3.81. The summed E-state index contributed by atoms with van der Waals surface area (Å²) in [4.78, 5) is 12.6. The van der Waals surface area contributed by atoms with Gasteiger partial charge in [-0.15, -0.1) is 0 Å². The standard InChI is InChI=1S/C14H20N4/c1-14(2)8-4-5-9(14)12-16-10-6-7-11(15-3)17-13(10)18-12/h6-7,9H,4-5,8H2,1-3H3,(H2,15,16,17,18). The predicted molar refractivity (Wildman–Crippen MR) is 73.8 cm³/mol. The molecule has 0 radical (unpaired) electrons. The van der Waals surface area contributed by atoms with E-state index in [1.54, 1.807) is 0 Å². The van der Waals surface area contributed by atoms with E-state index < -0.39 is 0 Å². The third kappa shape index (κ3) is 1.76. The van der Waals surface area contributed by atoms with Gasteiger partial charge in [0, 0.05) is 13.0 Å². The molecule has 0 bridgehead atoms. The van der Waals surface area contributed by atoms with E-state index in [4.69, 9.17) is 4.98 Å². The lowest BCUT2D eigenvalue weighted by Crippen LogP contribution is -2.16. The average Bonchev–Trinajstić information content (AvgIpc) is 2.90. The van der Waals surface area contributed by atoms with E-state index in [1.807, 2.05) is 19.2 Å². The van der Waals surface area contributed by atoms with Crippen LogP contribution in [0.25, 0.3) is 11.2 Å². The molecule has 2 aromatic heterocycles. The Bertz CT molecular complexity index is 570. The molecule has 2 heterocycles. The number of pyridine rings is 1. The van der Waals surface area contributed by atoms with Gasteiger partial charge >= 0.3 is 0 Å². The summed E-state index contributed by atoms with van der Waals surface area (Å²) in [5, 5.41) is 3.05. The van der Waals surface area contributed by atoms with Crippen LogP contribution in [0.1, 0.15) is 44.9 Å². The van der Waals surface area contributed by atoms with E-state index in [1.165, 1.54) is 19.3 Å². The maximum absolute atomic E-state index is 4.69. The zero-order valence-electron chi connectivity index (χ0n) is 11.2. The van der Waals surface area contributed by atoms with Gasteiger partial charge in [0.25, 0.3) is 0 Å². The maximum Gasteiger partial charge on any atom is 0.179 e. The van der Waals surface area contributed by atoms with Crippen molar-refractivity contribution in [1.29, 1.82) is 0 Å². The van der Waals surface area contributed by atoms with Crippen molar-refractivity contribution in [2.24, 2.45) is 5.41 Å². The van der Waals surface area contributed by atoms with Gasteiger partial charge in [0.1, 0.15) is 11.6 Å². The Labute approximate surface area is 107 Å². The molecule has 96 valence electrons. The quantitative estimate of drug-likeness (QED) is 0.852. The Morgan fingerprint density at radius 3 is 2.83 bits per heavy atom. The SMILES string of the molecule is CNc1ccc2[nH]c(C3CCCC3(C)C)nc2n1. The first-order valence-corrected chi connectivity index (χ1v) is 6.64. The van der Waals surface area contributed by atoms with Gasteiger partial charge in [0.05, 0.1) is 5.52 Å². The third-order valence-electron chi connectivity index (χ3n) is 4.21. The van der Waals surface area contributed by atoms with Crippen molar-refractivity contribution in [1.82, 2.24) is 15.0 Å². The number of aromatic nitrogens is 3. The maximum atomic E-state index is 4.69. The van der Waals surface area contributed by atoms with Crippen molar-refractivity contribution in [3.8, 4) is 0 Å². The van der Waals surface area contributed by atoms with Gasteiger partial charge < -0.3 is 10.3 Å². The molecule has 1 atom stereocenters. The minimum Gasteiger partial charge on any atom is -0.373 e. The molecule has 1 saturated carbocycles. The molecule has 0 amide bonds. The first-order chi connectivity index (χ1) is 8.60. The molecule has 4 heteroatoms. The second-order valence-electron chi connectivity index (χ2n) is 5.87. The highest BCUT2D eigenvalue weighted by atomic mass is 15.0. The summed E-state index contributed by atoms with van der Waals surface area (Å²) in [6.45, 7) is 4.68. The molecule has 4 nitrogen and oxygen atoms in total. The zero-order valence-corrected chi connectivity index (χ0v) is 11.2. The van der Waals surface area contributed by atoms with Gasteiger partial charge in [-0.1, -0.05) is 20.3 Å². The van der Waals surface area contributed by atoms with Gasteiger partial charge in [0.15, 0.2) is 5.65 Å². The number of nitrogens with zero attached hydrogens (tertiary/aromatic N) is 2. The molecule has 18 heavy (non-hydrogen) atoms. The van der Waals surface area contributed by atoms with E-state index in [0.29, 0.717) is 11.3 Å². The summed E-state index contributed by atoms with van der Waals surface area (Å²) in [5.74, 6) is 2.50. The monoisotopic (exact) mass is 244 g/mol.